The molecule has 0 aromatic heterocycles. The van der Waals surface area contributed by atoms with Gasteiger partial charge in [-0.3, -0.25) is 0 Å². The Balaban J connectivity index is 1.96. The number of hydrogen-bond donors (Lipinski definition) is 1. The number of nitrogens with zero attached hydrogens (tertiary/aromatic N) is 1. The van der Waals surface area contributed by atoms with Gasteiger partial charge in [0.15, 0.2) is 0 Å². The topological polar surface area (TPSA) is 63.4 Å². The highest BCUT2D eigenvalue weighted by Crippen LogP contribution is 2.40. The smallest absolute Gasteiger partial charge is 0.243 e. The molecule has 1 aliphatic heterocycles. The molecule has 2 aliphatic rings. The van der Waals surface area contributed by atoms with Crippen molar-refractivity contribution in [3.8, 4) is 0 Å². The van der Waals surface area contributed by atoms with E-state index >= 15 is 0 Å². The van der Waals surface area contributed by atoms with E-state index < -0.39 is 15.8 Å². The van der Waals surface area contributed by atoms with E-state index in [0.29, 0.717) is 30.1 Å². The second kappa shape index (κ2) is 5.04. The molecule has 21 heavy (non-hydrogen) atoms. The highest BCUT2D eigenvalue weighted by molar-refractivity contribution is 7.89. The fraction of sp³-hybridized carbons (Fsp3) is 0.600. The van der Waals surface area contributed by atoms with E-state index in [4.69, 9.17) is 5.73 Å². The maximum atomic E-state index is 13.4. The molecule has 0 bridgehead atoms. The maximum Gasteiger partial charge on any atom is 0.243 e. The van der Waals surface area contributed by atoms with E-state index in [-0.39, 0.29) is 16.9 Å². The highest BCUT2D eigenvalue weighted by atomic mass is 32.2. The van der Waals surface area contributed by atoms with Crippen molar-refractivity contribution in [1.82, 2.24) is 4.31 Å². The van der Waals surface area contributed by atoms with Crippen molar-refractivity contribution in [2.45, 2.75) is 37.6 Å². The zero-order valence-electron chi connectivity index (χ0n) is 12.3. The lowest BCUT2D eigenvalue weighted by Crippen LogP contribution is -2.34. The van der Waals surface area contributed by atoms with Gasteiger partial charge in [0, 0.05) is 19.1 Å². The molecule has 1 saturated heterocycles. The normalized spacial score (nSPS) is 29.8. The molecule has 3 atom stereocenters. The van der Waals surface area contributed by atoms with Gasteiger partial charge in [0.25, 0.3) is 0 Å². The molecule has 1 aliphatic carbocycles. The molecular weight excluding hydrogens is 291 g/mol. The minimum Gasteiger partial charge on any atom is -0.327 e. The molecule has 3 unspecified atom stereocenters. The lowest BCUT2D eigenvalue weighted by molar-refractivity contribution is 0.426. The second-order valence-electron chi connectivity index (χ2n) is 6.36. The third-order valence-corrected chi connectivity index (χ3v) is 7.04. The highest BCUT2D eigenvalue weighted by Gasteiger charge is 2.45. The Hall–Kier alpha value is -0.980. The molecule has 6 heteroatoms. The van der Waals surface area contributed by atoms with Gasteiger partial charge < -0.3 is 5.73 Å². The first-order valence-electron chi connectivity index (χ1n) is 7.33. The van der Waals surface area contributed by atoms with Crippen molar-refractivity contribution in [3.63, 3.8) is 0 Å². The predicted molar refractivity (Wildman–Crippen MR) is 78.8 cm³/mol. The third-order valence-electron chi connectivity index (χ3n) is 4.90. The zero-order chi connectivity index (χ0) is 15.4. The van der Waals surface area contributed by atoms with Crippen LogP contribution in [-0.4, -0.2) is 31.9 Å². The van der Waals surface area contributed by atoms with Crippen LogP contribution in [0.3, 0.4) is 0 Å². The number of hydrogen-bond acceptors (Lipinski definition) is 3. The largest absolute Gasteiger partial charge is 0.327 e. The van der Waals surface area contributed by atoms with Crippen LogP contribution in [0.1, 0.15) is 24.0 Å². The Morgan fingerprint density at radius 1 is 1.19 bits per heavy atom. The van der Waals surface area contributed by atoms with Crippen LogP contribution in [0.15, 0.2) is 17.0 Å². The Labute approximate surface area is 125 Å². The molecule has 0 amide bonds. The molecule has 3 rings (SSSR count). The molecule has 116 valence electrons. The number of halogens is 1. The fourth-order valence-corrected chi connectivity index (χ4v) is 5.84. The van der Waals surface area contributed by atoms with Gasteiger partial charge in [0.2, 0.25) is 10.0 Å². The summed E-state index contributed by atoms with van der Waals surface area (Å²) in [6, 6.07) is 2.66. The monoisotopic (exact) mass is 312 g/mol. The van der Waals surface area contributed by atoms with Crippen LogP contribution in [0, 0.1) is 31.5 Å². The minimum absolute atomic E-state index is 0.102. The van der Waals surface area contributed by atoms with Crippen molar-refractivity contribution in [3.05, 3.63) is 29.1 Å². The number of sulfonamides is 1. The van der Waals surface area contributed by atoms with Gasteiger partial charge >= 0.3 is 0 Å². The molecule has 2 fully saturated rings. The summed E-state index contributed by atoms with van der Waals surface area (Å²) in [5, 5.41) is 0. The average molecular weight is 312 g/mol. The molecule has 4 nitrogen and oxygen atoms in total. The Morgan fingerprint density at radius 3 is 2.38 bits per heavy atom. The van der Waals surface area contributed by atoms with Crippen LogP contribution >= 0.6 is 0 Å². The standard InChI is InChI=1S/C15H21FN2O2S/c1-9-5-12(16)6-10(2)15(9)21(19,20)18-7-11-3-4-14(17)13(11)8-18/h5-6,11,13-14H,3-4,7-8,17H2,1-2H3. The van der Waals surface area contributed by atoms with Gasteiger partial charge in [0.05, 0.1) is 4.90 Å². The van der Waals surface area contributed by atoms with E-state index in [2.05, 4.69) is 0 Å². The number of aryl methyl sites for hydroxylation is 2. The number of nitrogens with two attached hydrogens (primary N) is 1. The van der Waals surface area contributed by atoms with Crippen LogP contribution in [0.5, 0.6) is 0 Å². The van der Waals surface area contributed by atoms with Gasteiger partial charge in [-0.1, -0.05) is 0 Å². The summed E-state index contributed by atoms with van der Waals surface area (Å²) < 4.78 is 40.7. The van der Waals surface area contributed by atoms with Gasteiger partial charge in [0.1, 0.15) is 5.82 Å². The van der Waals surface area contributed by atoms with Crippen molar-refractivity contribution < 1.29 is 12.8 Å². The lowest BCUT2D eigenvalue weighted by Gasteiger charge is -2.21. The van der Waals surface area contributed by atoms with Gasteiger partial charge in [-0.05, 0) is 61.8 Å². The van der Waals surface area contributed by atoms with Crippen LogP contribution in [0.2, 0.25) is 0 Å². The summed E-state index contributed by atoms with van der Waals surface area (Å²) in [6.45, 7) is 4.32. The summed E-state index contributed by atoms with van der Waals surface area (Å²) in [5.74, 6) is 0.237. The Bertz CT molecular complexity index is 651. The van der Waals surface area contributed by atoms with Gasteiger partial charge in [-0.2, -0.15) is 4.31 Å². The molecule has 0 radical (unpaired) electrons. The molecule has 2 N–H and O–H groups in total. The summed E-state index contributed by atoms with van der Waals surface area (Å²) in [7, 11) is -3.57. The first-order chi connectivity index (χ1) is 9.80. The average Bonchev–Trinajstić information content (AvgIpc) is 2.90. The molecule has 1 saturated carbocycles. The van der Waals surface area contributed by atoms with E-state index in [1.165, 1.54) is 16.4 Å². The first-order valence-corrected chi connectivity index (χ1v) is 8.77. The molecule has 0 spiro atoms. The summed E-state index contributed by atoms with van der Waals surface area (Å²) in [4.78, 5) is 0.248. The van der Waals surface area contributed by atoms with Crippen molar-refractivity contribution >= 4 is 10.0 Å². The summed E-state index contributed by atoms with van der Waals surface area (Å²) in [6.07, 6.45) is 1.98. The van der Waals surface area contributed by atoms with Crippen LogP contribution in [-0.2, 0) is 10.0 Å². The van der Waals surface area contributed by atoms with Crippen LogP contribution in [0.4, 0.5) is 4.39 Å². The maximum absolute atomic E-state index is 13.4. The Kier molecular flexibility index (Phi) is 3.58. The van der Waals surface area contributed by atoms with Crippen molar-refractivity contribution in [2.24, 2.45) is 17.6 Å². The molecule has 1 aromatic rings. The fourth-order valence-electron chi connectivity index (χ4n) is 3.90. The quantitative estimate of drug-likeness (QED) is 0.906. The number of benzene rings is 1. The van der Waals surface area contributed by atoms with Crippen molar-refractivity contribution in [1.29, 1.82) is 0 Å². The predicted octanol–water partition coefficient (Wildman–Crippen LogP) is 1.80. The number of rotatable bonds is 2. The van der Waals surface area contributed by atoms with E-state index in [9.17, 15) is 12.8 Å². The molecule has 1 heterocycles. The zero-order valence-corrected chi connectivity index (χ0v) is 13.2. The SMILES string of the molecule is Cc1cc(F)cc(C)c1S(=O)(=O)N1CC2CCC(N)C2C1. The van der Waals surface area contributed by atoms with Crippen molar-refractivity contribution in [2.75, 3.05) is 13.1 Å². The van der Waals surface area contributed by atoms with E-state index in [0.717, 1.165) is 12.8 Å². The summed E-state index contributed by atoms with van der Waals surface area (Å²) >= 11 is 0. The second-order valence-corrected chi connectivity index (χ2v) is 8.23. The lowest BCUT2D eigenvalue weighted by atomic mass is 9.98. The molecular formula is C15H21FN2O2S. The molecule has 1 aromatic carbocycles. The van der Waals surface area contributed by atoms with E-state index in [1.807, 2.05) is 0 Å². The summed E-state index contributed by atoms with van der Waals surface area (Å²) in [5.41, 5.74) is 7.01. The Morgan fingerprint density at radius 2 is 1.81 bits per heavy atom. The van der Waals surface area contributed by atoms with E-state index in [1.54, 1.807) is 13.8 Å². The van der Waals surface area contributed by atoms with Crippen LogP contribution in [0.25, 0.3) is 0 Å². The van der Waals surface area contributed by atoms with Crippen LogP contribution < -0.4 is 5.73 Å². The first kappa shape index (κ1) is 14.9. The van der Waals surface area contributed by atoms with Gasteiger partial charge in [-0.25, -0.2) is 12.8 Å². The number of fused-ring (bicyclic) bond motifs is 1. The minimum atomic E-state index is -3.57. The van der Waals surface area contributed by atoms with Gasteiger partial charge in [-0.15, -0.1) is 0 Å². The third kappa shape index (κ3) is 2.39.